The number of aliphatic hydroxyl groups excluding tert-OH is 1. The average Bonchev–Trinajstić information content (AvgIpc) is 2.67. The van der Waals surface area contributed by atoms with E-state index in [1.54, 1.807) is 4.90 Å². The number of aliphatic hydroxyl groups is 1. The minimum Gasteiger partial charge on any atom is -0.468 e. The number of carbonyl (C=O) groups excluding carboxylic acids is 2. The van der Waals surface area contributed by atoms with Crippen molar-refractivity contribution < 1.29 is 19.4 Å². The van der Waals surface area contributed by atoms with Gasteiger partial charge in [0.25, 0.3) is 0 Å². The van der Waals surface area contributed by atoms with Gasteiger partial charge in [0.15, 0.2) is 0 Å². The Hall–Kier alpha value is -1.14. The smallest absolute Gasteiger partial charge is 0.323 e. The van der Waals surface area contributed by atoms with Crippen molar-refractivity contribution in [1.29, 1.82) is 0 Å². The van der Waals surface area contributed by atoms with E-state index in [4.69, 9.17) is 4.74 Å². The van der Waals surface area contributed by atoms with Crippen LogP contribution >= 0.6 is 0 Å². The quantitative estimate of drug-likeness (QED) is 0.739. The number of esters is 1. The van der Waals surface area contributed by atoms with Gasteiger partial charge in [0.2, 0.25) is 5.91 Å². The van der Waals surface area contributed by atoms with Crippen LogP contribution < -0.4 is 0 Å². The molecule has 2 aliphatic heterocycles. The first-order chi connectivity index (χ1) is 9.61. The molecule has 6 heteroatoms. The predicted molar refractivity (Wildman–Crippen MR) is 73.0 cm³/mol. The van der Waals surface area contributed by atoms with Crippen LogP contribution in [0.5, 0.6) is 0 Å². The molecule has 2 heterocycles. The van der Waals surface area contributed by atoms with Gasteiger partial charge in [0, 0.05) is 26.1 Å². The largest absolute Gasteiger partial charge is 0.468 e. The summed E-state index contributed by atoms with van der Waals surface area (Å²) in [4.78, 5) is 27.6. The lowest BCUT2D eigenvalue weighted by Gasteiger charge is -2.26. The van der Waals surface area contributed by atoms with Crippen molar-refractivity contribution in [2.75, 3.05) is 33.3 Å². The third kappa shape index (κ3) is 3.70. The minimum absolute atomic E-state index is 0.0508. The van der Waals surface area contributed by atoms with Crippen molar-refractivity contribution in [3.05, 3.63) is 0 Å². The zero-order valence-corrected chi connectivity index (χ0v) is 12.1. The summed E-state index contributed by atoms with van der Waals surface area (Å²) in [7, 11) is 1.34. The van der Waals surface area contributed by atoms with E-state index in [-0.39, 0.29) is 18.4 Å². The monoisotopic (exact) mass is 284 g/mol. The van der Waals surface area contributed by atoms with E-state index in [1.165, 1.54) is 20.0 Å². The van der Waals surface area contributed by atoms with Gasteiger partial charge >= 0.3 is 5.97 Å². The number of ether oxygens (including phenoxy) is 1. The molecule has 0 radical (unpaired) electrons. The second-order valence-corrected chi connectivity index (χ2v) is 5.65. The van der Waals surface area contributed by atoms with Gasteiger partial charge in [0.05, 0.1) is 19.8 Å². The first-order valence-electron chi connectivity index (χ1n) is 7.39. The van der Waals surface area contributed by atoms with Crippen LogP contribution in [0.25, 0.3) is 0 Å². The molecule has 2 saturated heterocycles. The molecular formula is C14H24N2O4. The summed E-state index contributed by atoms with van der Waals surface area (Å²) in [6.07, 6.45) is 4.24. The molecule has 0 bridgehead atoms. The normalized spacial score (nSPS) is 28.2. The highest BCUT2D eigenvalue weighted by Gasteiger charge is 2.38. The molecule has 20 heavy (non-hydrogen) atoms. The van der Waals surface area contributed by atoms with Crippen LogP contribution in [-0.2, 0) is 14.3 Å². The van der Waals surface area contributed by atoms with Gasteiger partial charge in [0.1, 0.15) is 6.04 Å². The van der Waals surface area contributed by atoms with Gasteiger partial charge in [-0.05, 0) is 12.8 Å². The van der Waals surface area contributed by atoms with E-state index < -0.39 is 12.1 Å². The van der Waals surface area contributed by atoms with Gasteiger partial charge in [-0.3, -0.25) is 14.5 Å². The number of amides is 1. The second kappa shape index (κ2) is 7.04. The molecular weight excluding hydrogens is 260 g/mol. The highest BCUT2D eigenvalue weighted by molar-refractivity contribution is 5.81. The molecule has 0 aromatic carbocycles. The molecule has 2 fully saturated rings. The van der Waals surface area contributed by atoms with Crippen molar-refractivity contribution in [3.63, 3.8) is 0 Å². The topological polar surface area (TPSA) is 70.1 Å². The Bertz CT molecular complexity index is 353. The van der Waals surface area contributed by atoms with Crippen LogP contribution in [0.1, 0.15) is 32.1 Å². The standard InChI is InChI=1S/C14H24N2O4/c1-20-14(19)12-8-11(17)9-16(12)10-13(18)15-6-4-2-3-5-7-15/h11-12,17H,2-10H2,1H3/t11-,12+/m1/s1. The molecule has 114 valence electrons. The first-order valence-corrected chi connectivity index (χ1v) is 7.39. The Labute approximate surface area is 119 Å². The van der Waals surface area contributed by atoms with Gasteiger partial charge in [-0.1, -0.05) is 12.8 Å². The summed E-state index contributed by atoms with van der Waals surface area (Å²) in [5, 5.41) is 9.71. The lowest BCUT2D eigenvalue weighted by Crippen LogP contribution is -2.45. The molecule has 0 saturated carbocycles. The Morgan fingerprint density at radius 2 is 1.85 bits per heavy atom. The highest BCUT2D eigenvalue weighted by atomic mass is 16.5. The van der Waals surface area contributed by atoms with E-state index in [0.717, 1.165) is 25.9 Å². The Morgan fingerprint density at radius 1 is 1.20 bits per heavy atom. The maximum Gasteiger partial charge on any atom is 0.323 e. The van der Waals surface area contributed by atoms with Crippen molar-refractivity contribution in [2.45, 2.75) is 44.2 Å². The predicted octanol–water partition coefficient (Wildman–Crippen LogP) is -0.00280. The molecule has 6 nitrogen and oxygen atoms in total. The van der Waals surface area contributed by atoms with E-state index in [0.29, 0.717) is 13.0 Å². The second-order valence-electron chi connectivity index (χ2n) is 5.65. The van der Waals surface area contributed by atoms with E-state index in [2.05, 4.69) is 0 Å². The fraction of sp³-hybridized carbons (Fsp3) is 0.857. The zero-order valence-electron chi connectivity index (χ0n) is 12.1. The average molecular weight is 284 g/mol. The molecule has 1 N–H and O–H groups in total. The van der Waals surface area contributed by atoms with Gasteiger partial charge in [-0.2, -0.15) is 0 Å². The molecule has 2 aliphatic rings. The van der Waals surface area contributed by atoms with Crippen LogP contribution in [0.15, 0.2) is 0 Å². The Morgan fingerprint density at radius 3 is 2.45 bits per heavy atom. The van der Waals surface area contributed by atoms with E-state index in [1.807, 2.05) is 4.90 Å². The minimum atomic E-state index is -0.559. The number of hydrogen-bond acceptors (Lipinski definition) is 5. The number of rotatable bonds is 3. The number of carbonyl (C=O) groups is 2. The van der Waals surface area contributed by atoms with Gasteiger partial charge < -0.3 is 14.7 Å². The summed E-state index contributed by atoms with van der Waals surface area (Å²) in [6, 6.07) is -0.495. The first kappa shape index (κ1) is 15.3. The fourth-order valence-electron chi connectivity index (χ4n) is 3.03. The number of methoxy groups -OCH3 is 1. The Kier molecular flexibility index (Phi) is 5.37. The maximum atomic E-state index is 12.3. The third-order valence-electron chi connectivity index (χ3n) is 4.15. The summed E-state index contributed by atoms with van der Waals surface area (Å²) in [5.74, 6) is -0.319. The van der Waals surface area contributed by atoms with Crippen molar-refractivity contribution >= 4 is 11.9 Å². The molecule has 0 spiro atoms. The summed E-state index contributed by atoms with van der Waals surface area (Å²) in [5.41, 5.74) is 0. The van der Waals surface area contributed by atoms with Gasteiger partial charge in [-0.15, -0.1) is 0 Å². The zero-order chi connectivity index (χ0) is 14.5. The molecule has 1 amide bonds. The van der Waals surface area contributed by atoms with Gasteiger partial charge in [-0.25, -0.2) is 0 Å². The molecule has 2 rings (SSSR count). The van der Waals surface area contributed by atoms with Crippen LogP contribution in [0.4, 0.5) is 0 Å². The Balaban J connectivity index is 1.93. The van der Waals surface area contributed by atoms with Crippen LogP contribution in [0.3, 0.4) is 0 Å². The van der Waals surface area contributed by atoms with Crippen LogP contribution in [0.2, 0.25) is 0 Å². The van der Waals surface area contributed by atoms with Crippen LogP contribution in [-0.4, -0.2) is 72.2 Å². The number of nitrogens with zero attached hydrogens (tertiary/aromatic N) is 2. The molecule has 0 aromatic rings. The van der Waals surface area contributed by atoms with E-state index >= 15 is 0 Å². The van der Waals surface area contributed by atoms with Crippen molar-refractivity contribution in [2.24, 2.45) is 0 Å². The maximum absolute atomic E-state index is 12.3. The number of β-amino-alcohol motifs (C(OH)–C–C–N with tert-alkyl or cyclic N) is 1. The lowest BCUT2D eigenvalue weighted by molar-refractivity contribution is -0.146. The molecule has 0 aromatic heterocycles. The molecule has 0 aliphatic carbocycles. The third-order valence-corrected chi connectivity index (χ3v) is 4.15. The number of hydrogen-bond donors (Lipinski definition) is 1. The fourth-order valence-corrected chi connectivity index (χ4v) is 3.03. The lowest BCUT2D eigenvalue weighted by atomic mass is 10.2. The van der Waals surface area contributed by atoms with E-state index in [9.17, 15) is 14.7 Å². The molecule has 0 unspecified atom stereocenters. The summed E-state index contributed by atoms with van der Waals surface area (Å²) in [6.45, 7) is 2.16. The van der Waals surface area contributed by atoms with Crippen molar-refractivity contribution in [1.82, 2.24) is 9.80 Å². The van der Waals surface area contributed by atoms with Crippen LogP contribution in [0, 0.1) is 0 Å². The number of likely N-dealkylation sites (tertiary alicyclic amines) is 2. The molecule has 2 atom stereocenters. The summed E-state index contributed by atoms with van der Waals surface area (Å²) >= 11 is 0. The SMILES string of the molecule is COC(=O)[C@@H]1C[C@@H](O)CN1CC(=O)N1CCCCCC1. The van der Waals surface area contributed by atoms with Crippen molar-refractivity contribution in [3.8, 4) is 0 Å². The highest BCUT2D eigenvalue weighted by Crippen LogP contribution is 2.19. The summed E-state index contributed by atoms with van der Waals surface area (Å²) < 4.78 is 4.74.